The molecule has 0 saturated carbocycles. The Hall–Kier alpha value is -0.930. The van der Waals surface area contributed by atoms with E-state index >= 15 is 0 Å². The van der Waals surface area contributed by atoms with Gasteiger partial charge >= 0.3 is 18.1 Å². The predicted molar refractivity (Wildman–Crippen MR) is 57.3 cm³/mol. The fourth-order valence-corrected chi connectivity index (χ4v) is 2.04. The Morgan fingerprint density at radius 1 is 0.947 bits per heavy atom. The van der Waals surface area contributed by atoms with Crippen molar-refractivity contribution in [3.63, 3.8) is 0 Å². The van der Waals surface area contributed by atoms with E-state index in [1.165, 1.54) is 29.0 Å². The molecule has 1 rings (SSSR count). The van der Waals surface area contributed by atoms with Gasteiger partial charge in [-0.3, -0.25) is 0 Å². The minimum absolute atomic E-state index is 0.191. The van der Waals surface area contributed by atoms with Crippen molar-refractivity contribution in [1.82, 2.24) is 4.72 Å². The van der Waals surface area contributed by atoms with Crippen LogP contribution in [-0.4, -0.2) is 25.2 Å². The van der Waals surface area contributed by atoms with Crippen molar-refractivity contribution in [3.05, 3.63) is 30.3 Å². The monoisotopic (exact) mass is 305 g/mol. The number of hydrogen-bond donors (Lipinski definition) is 1. The van der Waals surface area contributed by atoms with Gasteiger partial charge < -0.3 is 4.74 Å². The first-order valence-electron chi connectivity index (χ1n) is 4.82. The normalized spacial score (nSPS) is 13.6. The average Bonchev–Trinajstić information content (AvgIpc) is 2.28. The Kier molecular flexibility index (Phi) is 4.75. The Morgan fingerprint density at radius 3 is 1.79 bits per heavy atom. The molecule has 0 heterocycles. The van der Waals surface area contributed by atoms with Gasteiger partial charge in [-0.25, -0.2) is 4.72 Å². The van der Waals surface area contributed by atoms with Gasteiger partial charge in [-0.05, 0) is 24.1 Å². The summed E-state index contributed by atoms with van der Waals surface area (Å²) in [5, 5.41) is 0. The second-order valence-corrected chi connectivity index (χ2v) is 4.28. The molecule has 1 aromatic carbocycles. The Morgan fingerprint density at radius 2 is 1.42 bits per heavy atom. The highest BCUT2D eigenvalue weighted by Crippen LogP contribution is 2.45. The van der Waals surface area contributed by atoms with Crippen LogP contribution in [0, 0.1) is 0 Å². The molecule has 0 aliphatic heterocycles. The predicted octanol–water partition coefficient (Wildman–Crippen LogP) is 3.75. The summed E-state index contributed by atoms with van der Waals surface area (Å²) in [7, 11) is 0.347. The quantitative estimate of drug-likeness (QED) is 0.520. The second kappa shape index (κ2) is 5.59. The van der Waals surface area contributed by atoms with Crippen LogP contribution in [0.15, 0.2) is 35.2 Å². The van der Waals surface area contributed by atoms with Gasteiger partial charge in [0, 0.05) is 12.0 Å². The molecule has 0 saturated heterocycles. The van der Waals surface area contributed by atoms with Crippen LogP contribution < -0.4 is 4.72 Å². The molecule has 19 heavy (non-hydrogen) atoms. The van der Waals surface area contributed by atoms with E-state index in [9.17, 15) is 26.3 Å². The van der Waals surface area contributed by atoms with Crippen molar-refractivity contribution in [2.75, 3.05) is 7.11 Å². The molecule has 0 radical (unpaired) electrons. The lowest BCUT2D eigenvalue weighted by Gasteiger charge is -2.35. The van der Waals surface area contributed by atoms with Crippen LogP contribution in [-0.2, 0) is 4.74 Å². The molecule has 0 aromatic heterocycles. The zero-order valence-corrected chi connectivity index (χ0v) is 10.3. The molecule has 0 spiro atoms. The number of nitrogens with one attached hydrogen (secondary N) is 1. The van der Waals surface area contributed by atoms with Crippen LogP contribution in [0.3, 0.4) is 0 Å². The maximum Gasteiger partial charge on any atom is 0.441 e. The number of hydrogen-bond acceptors (Lipinski definition) is 3. The molecule has 0 aliphatic rings. The summed E-state index contributed by atoms with van der Waals surface area (Å²) in [5.41, 5.74) is -4.42. The minimum atomic E-state index is -5.65. The van der Waals surface area contributed by atoms with E-state index in [0.717, 1.165) is 0 Å². The van der Waals surface area contributed by atoms with Crippen molar-refractivity contribution < 1.29 is 31.1 Å². The molecule has 1 aromatic rings. The highest BCUT2D eigenvalue weighted by Gasteiger charge is 2.72. The summed E-state index contributed by atoms with van der Waals surface area (Å²) in [6, 6.07) is 7.29. The number of ether oxygens (including phenoxy) is 1. The summed E-state index contributed by atoms with van der Waals surface area (Å²) >= 11 is 0.191. The van der Waals surface area contributed by atoms with Gasteiger partial charge in [0.25, 0.3) is 0 Å². The van der Waals surface area contributed by atoms with Gasteiger partial charge in [0.05, 0.1) is 0 Å². The Balaban J connectivity index is 2.99. The lowest BCUT2D eigenvalue weighted by atomic mass is 10.2. The number of halogens is 6. The van der Waals surface area contributed by atoms with Crippen molar-refractivity contribution in [2.24, 2.45) is 0 Å². The van der Waals surface area contributed by atoms with E-state index in [-0.39, 0.29) is 16.8 Å². The van der Waals surface area contributed by atoms with Crippen molar-refractivity contribution in [3.8, 4) is 0 Å². The fraction of sp³-hybridized carbons (Fsp3) is 0.400. The molecule has 108 valence electrons. The fourth-order valence-electron chi connectivity index (χ4n) is 1.17. The number of methoxy groups -OCH3 is 1. The summed E-state index contributed by atoms with van der Waals surface area (Å²) in [6.07, 6.45) is -11.3. The van der Waals surface area contributed by atoms with Crippen LogP contribution in [0.2, 0.25) is 0 Å². The molecule has 0 atom stereocenters. The van der Waals surface area contributed by atoms with E-state index in [2.05, 4.69) is 4.74 Å². The van der Waals surface area contributed by atoms with E-state index in [1.807, 2.05) is 0 Å². The van der Waals surface area contributed by atoms with E-state index in [0.29, 0.717) is 7.11 Å². The molecule has 0 amide bonds. The van der Waals surface area contributed by atoms with E-state index in [4.69, 9.17) is 0 Å². The number of alkyl halides is 6. The molecule has 2 nitrogen and oxygen atoms in total. The highest BCUT2D eigenvalue weighted by molar-refractivity contribution is 7.97. The first kappa shape index (κ1) is 16.1. The largest absolute Gasteiger partial charge is 0.441 e. The molecular formula is C10H9F6NOS. The minimum Gasteiger partial charge on any atom is -0.348 e. The van der Waals surface area contributed by atoms with Crippen molar-refractivity contribution >= 4 is 11.9 Å². The smallest absolute Gasteiger partial charge is 0.348 e. The van der Waals surface area contributed by atoms with Gasteiger partial charge in [0.2, 0.25) is 0 Å². The lowest BCUT2D eigenvalue weighted by molar-refractivity contribution is -0.378. The lowest BCUT2D eigenvalue weighted by Crippen LogP contribution is -2.65. The molecule has 0 fully saturated rings. The summed E-state index contributed by atoms with van der Waals surface area (Å²) in [6.45, 7) is 0. The highest BCUT2D eigenvalue weighted by atomic mass is 32.2. The average molecular weight is 305 g/mol. The molecule has 0 bridgehead atoms. The Bertz CT molecular complexity index is 391. The third-order valence-corrected chi connectivity index (χ3v) is 3.06. The van der Waals surface area contributed by atoms with Crippen LogP contribution >= 0.6 is 11.9 Å². The SMILES string of the molecule is COC(NSc1ccccc1)(C(F)(F)F)C(F)(F)F. The Labute approximate surface area is 109 Å². The first-order chi connectivity index (χ1) is 8.64. The molecule has 9 heteroatoms. The van der Waals surface area contributed by atoms with Gasteiger partial charge in [0.15, 0.2) is 0 Å². The zero-order chi connectivity index (χ0) is 14.7. The number of benzene rings is 1. The first-order valence-corrected chi connectivity index (χ1v) is 5.63. The summed E-state index contributed by atoms with van der Waals surface area (Å²) in [5.74, 6) is 0. The van der Waals surface area contributed by atoms with Crippen LogP contribution in [0.4, 0.5) is 26.3 Å². The standard InChI is InChI=1S/C10H9F6NOS/c1-18-8(9(11,12)13,10(14,15)16)17-19-7-5-3-2-4-6-7/h2-6,17H,1H3. The summed E-state index contributed by atoms with van der Waals surface area (Å²) in [4.78, 5) is 0.192. The molecule has 1 N–H and O–H groups in total. The van der Waals surface area contributed by atoms with Crippen LogP contribution in [0.5, 0.6) is 0 Å². The third-order valence-electron chi connectivity index (χ3n) is 2.16. The van der Waals surface area contributed by atoms with Gasteiger partial charge in [-0.2, -0.15) is 26.3 Å². The van der Waals surface area contributed by atoms with E-state index < -0.39 is 18.1 Å². The zero-order valence-electron chi connectivity index (χ0n) is 9.47. The van der Waals surface area contributed by atoms with Gasteiger partial charge in [-0.1, -0.05) is 18.2 Å². The van der Waals surface area contributed by atoms with Crippen LogP contribution in [0.25, 0.3) is 0 Å². The van der Waals surface area contributed by atoms with Gasteiger partial charge in [-0.15, -0.1) is 0 Å². The van der Waals surface area contributed by atoms with E-state index in [1.54, 1.807) is 6.07 Å². The van der Waals surface area contributed by atoms with Gasteiger partial charge in [0.1, 0.15) is 0 Å². The van der Waals surface area contributed by atoms with Crippen molar-refractivity contribution in [1.29, 1.82) is 0 Å². The molecule has 0 unspecified atom stereocenters. The maximum atomic E-state index is 12.7. The van der Waals surface area contributed by atoms with Crippen molar-refractivity contribution in [2.45, 2.75) is 23.0 Å². The number of rotatable bonds is 4. The third kappa shape index (κ3) is 3.34. The second-order valence-electron chi connectivity index (χ2n) is 3.40. The summed E-state index contributed by atoms with van der Waals surface area (Å²) < 4.78 is 81.0. The topological polar surface area (TPSA) is 21.3 Å². The molecule has 0 aliphatic carbocycles. The maximum absolute atomic E-state index is 12.7. The molecular weight excluding hydrogens is 296 g/mol. The van der Waals surface area contributed by atoms with Crippen LogP contribution in [0.1, 0.15) is 0 Å².